The van der Waals surface area contributed by atoms with Crippen LogP contribution in [0.4, 0.5) is 8.78 Å². The lowest BCUT2D eigenvalue weighted by Crippen LogP contribution is -2.11. The second-order valence-electron chi connectivity index (χ2n) is 2.29. The summed E-state index contributed by atoms with van der Waals surface area (Å²) < 4.78 is 25.3. The minimum absolute atomic E-state index is 0.273. The van der Waals surface area contributed by atoms with Crippen LogP contribution in [0.3, 0.4) is 0 Å². The molecule has 2 nitrogen and oxygen atoms in total. The van der Waals surface area contributed by atoms with E-state index in [1.165, 1.54) is 6.92 Å². The molecule has 0 spiro atoms. The van der Waals surface area contributed by atoms with Crippen LogP contribution in [0.25, 0.3) is 0 Å². The van der Waals surface area contributed by atoms with Crippen LogP contribution < -0.4 is 5.73 Å². The predicted octanol–water partition coefficient (Wildman–Crippen LogP) is 1.98. The number of halogens is 2. The molecule has 0 saturated heterocycles. The van der Waals surface area contributed by atoms with E-state index in [1.807, 2.05) is 0 Å². The van der Waals surface area contributed by atoms with Crippen LogP contribution in [0, 0.1) is 0 Å². The van der Waals surface area contributed by atoms with E-state index in [0.717, 1.165) is 13.0 Å². The Bertz CT molecular complexity index is 239. The van der Waals surface area contributed by atoms with Gasteiger partial charge in [0.15, 0.2) is 0 Å². The van der Waals surface area contributed by atoms with Crippen molar-refractivity contribution >= 4 is 5.91 Å². The molecule has 1 amide bonds. The monoisotopic (exact) mass is 175 g/mol. The minimum atomic E-state index is -0.751. The molecule has 0 saturated carbocycles. The summed E-state index contributed by atoms with van der Waals surface area (Å²) in [5, 5.41) is 0. The summed E-state index contributed by atoms with van der Waals surface area (Å²) in [5.74, 6) is -2.21. The maximum atomic E-state index is 12.8. The molecule has 0 aromatic carbocycles. The molecular formula is C8H11F2NO. The van der Waals surface area contributed by atoms with E-state index in [1.54, 1.807) is 0 Å². The van der Waals surface area contributed by atoms with E-state index in [2.05, 4.69) is 0 Å². The molecule has 0 bridgehead atoms. The van der Waals surface area contributed by atoms with Crippen LogP contribution in [0.2, 0.25) is 0 Å². The largest absolute Gasteiger partial charge is 0.369 e. The maximum absolute atomic E-state index is 12.8. The molecule has 0 aliphatic heterocycles. The van der Waals surface area contributed by atoms with Crippen molar-refractivity contribution in [2.24, 2.45) is 5.73 Å². The standard InChI is InChI=1S/C8H11F2NO/c1-3-7(10)6(5(2)9)4-8(11)12/h3H,4H2,1-2H3,(H2,11,12)/b6-5+,7-3+. The molecule has 0 unspecified atom stereocenters. The lowest BCUT2D eigenvalue weighted by Gasteiger charge is -2.01. The Labute approximate surface area is 69.7 Å². The van der Waals surface area contributed by atoms with Crippen LogP contribution in [-0.4, -0.2) is 5.91 Å². The van der Waals surface area contributed by atoms with E-state index in [4.69, 9.17) is 5.73 Å². The number of carbonyl (C=O) groups excluding carboxylic acids is 1. The molecule has 0 rings (SSSR count). The predicted molar refractivity (Wildman–Crippen MR) is 42.5 cm³/mol. The molecule has 2 N–H and O–H groups in total. The minimum Gasteiger partial charge on any atom is -0.369 e. The van der Waals surface area contributed by atoms with Crippen LogP contribution in [0.15, 0.2) is 23.3 Å². The van der Waals surface area contributed by atoms with Crippen molar-refractivity contribution in [1.29, 1.82) is 0 Å². The molecule has 68 valence electrons. The van der Waals surface area contributed by atoms with E-state index >= 15 is 0 Å². The summed E-state index contributed by atoms with van der Waals surface area (Å²) in [5.41, 5.74) is 4.52. The van der Waals surface area contributed by atoms with Gasteiger partial charge in [0.25, 0.3) is 0 Å². The molecule has 4 heteroatoms. The highest BCUT2D eigenvalue weighted by Gasteiger charge is 2.10. The second kappa shape index (κ2) is 4.64. The fourth-order valence-electron chi connectivity index (χ4n) is 0.719. The Kier molecular flexibility index (Phi) is 4.18. The van der Waals surface area contributed by atoms with Crippen LogP contribution >= 0.6 is 0 Å². The van der Waals surface area contributed by atoms with Crippen molar-refractivity contribution in [2.75, 3.05) is 0 Å². The zero-order valence-electron chi connectivity index (χ0n) is 7.03. The Morgan fingerprint density at radius 3 is 2.25 bits per heavy atom. The third-order valence-electron chi connectivity index (χ3n) is 1.31. The molecule has 0 aliphatic rings. The van der Waals surface area contributed by atoms with E-state index in [0.29, 0.717) is 0 Å². The average molecular weight is 175 g/mol. The molecule has 0 aliphatic carbocycles. The number of hydrogen-bond acceptors (Lipinski definition) is 1. The lowest BCUT2D eigenvalue weighted by atomic mass is 10.1. The van der Waals surface area contributed by atoms with Crippen molar-refractivity contribution in [2.45, 2.75) is 20.3 Å². The molecule has 0 aromatic heterocycles. The summed E-state index contributed by atoms with van der Waals surface area (Å²) in [6.07, 6.45) is 0.680. The quantitative estimate of drug-likeness (QED) is 0.655. The third kappa shape index (κ3) is 3.27. The Balaban J connectivity index is 4.71. The molecule has 0 aromatic rings. The van der Waals surface area contributed by atoms with Gasteiger partial charge in [0, 0.05) is 5.57 Å². The first-order valence-electron chi connectivity index (χ1n) is 3.44. The summed E-state index contributed by atoms with van der Waals surface area (Å²) in [6.45, 7) is 2.50. The number of hydrogen-bond donors (Lipinski definition) is 1. The molecule has 0 radical (unpaired) electrons. The summed E-state index contributed by atoms with van der Waals surface area (Å²) in [6, 6.07) is 0. The third-order valence-corrected chi connectivity index (χ3v) is 1.31. The van der Waals surface area contributed by atoms with Gasteiger partial charge < -0.3 is 5.73 Å². The van der Waals surface area contributed by atoms with Gasteiger partial charge in [-0.25, -0.2) is 8.78 Å². The van der Waals surface area contributed by atoms with Gasteiger partial charge in [-0.2, -0.15) is 0 Å². The first-order valence-corrected chi connectivity index (χ1v) is 3.44. The van der Waals surface area contributed by atoms with E-state index < -0.39 is 24.0 Å². The van der Waals surface area contributed by atoms with Crippen molar-refractivity contribution in [1.82, 2.24) is 0 Å². The number of nitrogens with two attached hydrogens (primary N) is 1. The molecule has 12 heavy (non-hydrogen) atoms. The zero-order chi connectivity index (χ0) is 9.72. The first-order chi connectivity index (χ1) is 5.49. The van der Waals surface area contributed by atoms with Gasteiger partial charge in [-0.05, 0) is 13.8 Å². The Morgan fingerprint density at radius 2 is 2.00 bits per heavy atom. The number of amides is 1. The molecular weight excluding hydrogens is 164 g/mol. The topological polar surface area (TPSA) is 43.1 Å². The summed E-state index contributed by atoms with van der Waals surface area (Å²) in [7, 11) is 0. The maximum Gasteiger partial charge on any atom is 0.222 e. The fourth-order valence-corrected chi connectivity index (χ4v) is 0.719. The van der Waals surface area contributed by atoms with Crippen molar-refractivity contribution in [3.63, 3.8) is 0 Å². The number of carbonyl (C=O) groups is 1. The van der Waals surface area contributed by atoms with E-state index in [-0.39, 0.29) is 5.57 Å². The Hall–Kier alpha value is -1.19. The number of allylic oxidation sites excluding steroid dienone is 3. The second-order valence-corrected chi connectivity index (χ2v) is 2.29. The smallest absolute Gasteiger partial charge is 0.222 e. The van der Waals surface area contributed by atoms with Gasteiger partial charge in [-0.3, -0.25) is 4.79 Å². The first kappa shape index (κ1) is 10.8. The summed E-state index contributed by atoms with van der Waals surface area (Å²) in [4.78, 5) is 10.4. The highest BCUT2D eigenvalue weighted by atomic mass is 19.1. The lowest BCUT2D eigenvalue weighted by molar-refractivity contribution is -0.117. The normalized spacial score (nSPS) is 14.2. The van der Waals surface area contributed by atoms with Crippen LogP contribution in [-0.2, 0) is 4.79 Å². The van der Waals surface area contributed by atoms with Gasteiger partial charge in [0.05, 0.1) is 6.42 Å². The van der Waals surface area contributed by atoms with Gasteiger partial charge in [-0.15, -0.1) is 0 Å². The highest BCUT2D eigenvalue weighted by Crippen LogP contribution is 2.20. The molecule has 0 atom stereocenters. The van der Waals surface area contributed by atoms with Crippen LogP contribution in [0.1, 0.15) is 20.3 Å². The van der Waals surface area contributed by atoms with E-state index in [9.17, 15) is 13.6 Å². The van der Waals surface area contributed by atoms with Crippen molar-refractivity contribution < 1.29 is 13.6 Å². The number of rotatable bonds is 3. The van der Waals surface area contributed by atoms with Gasteiger partial charge in [-0.1, -0.05) is 6.08 Å². The highest BCUT2D eigenvalue weighted by molar-refractivity contribution is 5.77. The van der Waals surface area contributed by atoms with Gasteiger partial charge in [0.2, 0.25) is 5.91 Å². The van der Waals surface area contributed by atoms with Crippen molar-refractivity contribution in [3.8, 4) is 0 Å². The molecule has 0 heterocycles. The SMILES string of the molecule is C/C=C(F)\C(CC(N)=O)=C(/C)F. The average Bonchev–Trinajstić information content (AvgIpc) is 1.98. The van der Waals surface area contributed by atoms with Crippen LogP contribution in [0.5, 0.6) is 0 Å². The molecule has 0 fully saturated rings. The number of primary amides is 1. The zero-order valence-corrected chi connectivity index (χ0v) is 7.03. The van der Waals surface area contributed by atoms with Gasteiger partial charge >= 0.3 is 0 Å². The Morgan fingerprint density at radius 1 is 1.50 bits per heavy atom. The van der Waals surface area contributed by atoms with Crippen molar-refractivity contribution in [3.05, 3.63) is 23.3 Å². The summed E-state index contributed by atoms with van der Waals surface area (Å²) >= 11 is 0. The fraction of sp³-hybridized carbons (Fsp3) is 0.375. The van der Waals surface area contributed by atoms with Gasteiger partial charge in [0.1, 0.15) is 11.7 Å².